The standard InChI is InChI=1S/C20H15N3O6.CH5P.CH4.H2O4S/c1-2-20(26)13-7-16-17-10(8-22(16)18(24)12(13)9-29-19(20)25)6-11-14(21-17)4-3-5-15(11)23(27)28;1-2;;1-5(2,3)4/h3-7,26H,2,8-9H2,1H3;2H2,1H3;1H4;(H2,1,2,3,4)/t20-;;;/m0.../s1/i;1T;;. The number of benzene rings is 1. The van der Waals surface area contributed by atoms with Gasteiger partial charge in [-0.25, -0.2) is 9.78 Å². The number of aromatic nitrogens is 2. The minimum atomic E-state index is -4.67. The van der Waals surface area contributed by atoms with E-state index >= 15 is 0 Å². The number of ether oxygens (including phenoxy) is 1. The lowest BCUT2D eigenvalue weighted by Crippen LogP contribution is -2.44. The summed E-state index contributed by atoms with van der Waals surface area (Å²) in [5, 5.41) is 22.6. The zero-order valence-electron chi connectivity index (χ0n) is 19.7. The number of carbonyl (C=O) groups excluding carboxylic acids is 1. The number of hydrogen-bond donors (Lipinski definition) is 3. The second kappa shape index (κ2) is 11.0. The summed E-state index contributed by atoms with van der Waals surface area (Å²) in [7, 11) is -2.42. The number of cyclic esters (lactones) is 1. The molecule has 0 bridgehead atoms. The van der Waals surface area contributed by atoms with Crippen LogP contribution in [0.25, 0.3) is 22.3 Å². The predicted octanol–water partition coefficient (Wildman–Crippen LogP) is 2.46. The Morgan fingerprint density at radius 3 is 2.51 bits per heavy atom. The monoisotopic (exact) mass is 557 g/mol. The third kappa shape index (κ3) is 5.53. The molecular formula is C22H26N3O10PS. The number of hydrogen-bond acceptors (Lipinski definition) is 9. The van der Waals surface area contributed by atoms with Gasteiger partial charge in [0.25, 0.3) is 11.2 Å². The van der Waals surface area contributed by atoms with Crippen molar-refractivity contribution in [2.24, 2.45) is 0 Å². The average molecular weight is 558 g/mol. The Bertz CT molecular complexity index is 1570. The molecule has 1 unspecified atom stereocenters. The molecule has 5 rings (SSSR count). The zero-order valence-corrected chi connectivity index (χ0v) is 20.7. The van der Waals surface area contributed by atoms with Crippen LogP contribution in [-0.4, -0.2) is 49.7 Å². The maximum absolute atomic E-state index is 13.1. The Labute approximate surface area is 215 Å². The van der Waals surface area contributed by atoms with Crippen LogP contribution in [0.15, 0.2) is 35.1 Å². The SMILES string of the molecule is C.CC[C@@]1(O)C(=O)OCc2c1cc1n(c2=O)Cc2cc3c([N+](=O)[O-])cccc3nc2-1.O=S(=O)(O)O.[3H]CP. The lowest BCUT2D eigenvalue weighted by atomic mass is 9.86. The van der Waals surface area contributed by atoms with Crippen molar-refractivity contribution in [3.05, 3.63) is 67.5 Å². The van der Waals surface area contributed by atoms with Crippen molar-refractivity contribution < 1.29 is 38.5 Å². The minimum Gasteiger partial charge on any atom is -0.458 e. The van der Waals surface area contributed by atoms with Crippen molar-refractivity contribution in [2.75, 3.05) is 6.64 Å². The number of fused-ring (bicyclic) bond motifs is 5. The predicted molar refractivity (Wildman–Crippen MR) is 138 cm³/mol. The number of carbonyl (C=O) groups is 1. The topological polar surface area (TPSA) is 199 Å². The van der Waals surface area contributed by atoms with Crippen molar-refractivity contribution in [3.8, 4) is 11.4 Å². The van der Waals surface area contributed by atoms with Crippen LogP contribution in [-0.2, 0) is 38.7 Å². The molecule has 2 aromatic heterocycles. The molecule has 0 spiro atoms. The van der Waals surface area contributed by atoms with Crippen molar-refractivity contribution >= 4 is 42.2 Å². The van der Waals surface area contributed by atoms with E-state index in [2.05, 4.69) is 14.2 Å². The summed E-state index contributed by atoms with van der Waals surface area (Å²) in [4.78, 5) is 40.7. The first-order chi connectivity index (χ1) is 17.3. The van der Waals surface area contributed by atoms with E-state index in [1.807, 2.05) is 0 Å². The summed E-state index contributed by atoms with van der Waals surface area (Å²) in [5.41, 5.74) is 0.241. The van der Waals surface area contributed by atoms with Crippen LogP contribution in [0.3, 0.4) is 0 Å². The van der Waals surface area contributed by atoms with Crippen molar-refractivity contribution in [2.45, 2.75) is 39.5 Å². The third-order valence-electron chi connectivity index (χ3n) is 5.73. The van der Waals surface area contributed by atoms with Gasteiger partial charge in [-0.05, 0) is 24.6 Å². The van der Waals surface area contributed by atoms with E-state index in [9.17, 15) is 24.8 Å². The van der Waals surface area contributed by atoms with E-state index in [1.165, 1.54) is 10.6 Å². The molecule has 0 aliphatic carbocycles. The molecule has 1 aromatic carbocycles. The number of nitro groups is 1. The molecule has 2 aliphatic rings. The molecule has 4 heterocycles. The van der Waals surface area contributed by atoms with Gasteiger partial charge in [-0.2, -0.15) is 8.42 Å². The number of nitrogens with zero attached hydrogens (tertiary/aromatic N) is 3. The highest BCUT2D eigenvalue weighted by molar-refractivity contribution is 7.79. The Kier molecular flexibility index (Phi) is 8.40. The second-order valence-corrected chi connectivity index (χ2v) is 8.54. The van der Waals surface area contributed by atoms with Crippen molar-refractivity contribution in [1.29, 1.82) is 0 Å². The smallest absolute Gasteiger partial charge is 0.394 e. The summed E-state index contributed by atoms with van der Waals surface area (Å²) >= 11 is 0. The highest BCUT2D eigenvalue weighted by atomic mass is 32.3. The number of rotatable bonds is 2. The van der Waals surface area contributed by atoms with Gasteiger partial charge in [-0.3, -0.25) is 24.0 Å². The maximum atomic E-state index is 13.1. The minimum absolute atomic E-state index is 0. The summed E-state index contributed by atoms with van der Waals surface area (Å²) < 4.78 is 44.3. The van der Waals surface area contributed by atoms with Crippen LogP contribution in [0.2, 0.25) is 0 Å². The maximum Gasteiger partial charge on any atom is 0.394 e. The molecule has 3 N–H and O–H groups in total. The van der Waals surface area contributed by atoms with Crippen molar-refractivity contribution in [3.63, 3.8) is 0 Å². The Morgan fingerprint density at radius 1 is 1.32 bits per heavy atom. The van der Waals surface area contributed by atoms with E-state index < -0.39 is 26.9 Å². The van der Waals surface area contributed by atoms with Crippen LogP contribution >= 0.6 is 9.24 Å². The summed E-state index contributed by atoms with van der Waals surface area (Å²) in [6.07, 6.45) is 0.0614. The number of pyridine rings is 2. The first-order valence-electron chi connectivity index (χ1n) is 10.9. The number of esters is 1. The number of nitro benzene ring substituents is 1. The van der Waals surface area contributed by atoms with Gasteiger partial charge in [0.05, 0.1) is 39.3 Å². The van der Waals surface area contributed by atoms with Gasteiger partial charge in [0.15, 0.2) is 5.60 Å². The molecule has 200 valence electrons. The molecule has 2 aliphatic heterocycles. The highest BCUT2D eigenvalue weighted by Crippen LogP contribution is 2.39. The quantitative estimate of drug-likeness (QED) is 0.107. The van der Waals surface area contributed by atoms with Gasteiger partial charge >= 0.3 is 16.4 Å². The fourth-order valence-electron chi connectivity index (χ4n) is 4.15. The number of non-ortho nitro benzene ring substituents is 1. The largest absolute Gasteiger partial charge is 0.458 e. The van der Waals surface area contributed by atoms with Gasteiger partial charge in [-0.15, -0.1) is 9.24 Å². The molecule has 0 fully saturated rings. The van der Waals surface area contributed by atoms with E-state index in [0.29, 0.717) is 34.5 Å². The number of aliphatic hydroxyl groups is 1. The van der Waals surface area contributed by atoms with Crippen LogP contribution in [0.1, 0.15) is 38.8 Å². The Balaban J connectivity index is 0.000000500. The summed E-state index contributed by atoms with van der Waals surface area (Å²) in [6.45, 7) is 2.05. The van der Waals surface area contributed by atoms with E-state index in [1.54, 1.807) is 31.2 Å². The van der Waals surface area contributed by atoms with E-state index in [0.717, 1.165) is 0 Å². The Hall–Kier alpha value is -3.29. The van der Waals surface area contributed by atoms with Gasteiger partial charge in [-0.1, -0.05) is 27.1 Å². The van der Waals surface area contributed by atoms with Crippen LogP contribution in [0, 0.1) is 10.1 Å². The lowest BCUT2D eigenvalue weighted by molar-refractivity contribution is -0.383. The molecule has 15 heteroatoms. The third-order valence-corrected chi connectivity index (χ3v) is 5.73. The fourth-order valence-corrected chi connectivity index (χ4v) is 4.15. The lowest BCUT2D eigenvalue weighted by Gasteiger charge is -2.31. The van der Waals surface area contributed by atoms with Gasteiger partial charge in [0.2, 0.25) is 0 Å². The molecule has 37 heavy (non-hydrogen) atoms. The van der Waals surface area contributed by atoms with Crippen LogP contribution in [0.4, 0.5) is 5.69 Å². The first kappa shape index (κ1) is 28.3. The van der Waals surface area contributed by atoms with Crippen molar-refractivity contribution in [1.82, 2.24) is 9.55 Å². The Morgan fingerprint density at radius 2 is 1.95 bits per heavy atom. The molecule has 2 atom stereocenters. The van der Waals surface area contributed by atoms with Gasteiger partial charge in [0.1, 0.15) is 6.61 Å². The molecule has 13 nitrogen and oxygen atoms in total. The first-order valence-corrected chi connectivity index (χ1v) is 12.4. The van der Waals surface area contributed by atoms with Crippen LogP contribution in [0.5, 0.6) is 0 Å². The van der Waals surface area contributed by atoms with Gasteiger partial charge < -0.3 is 14.4 Å². The molecule has 0 amide bonds. The van der Waals surface area contributed by atoms with E-state index in [-0.39, 0.29) is 49.4 Å². The normalized spacial score (nSPS) is 17.3. The fraction of sp³-hybridized carbons (Fsp3) is 0.318. The van der Waals surface area contributed by atoms with E-state index in [4.69, 9.17) is 23.6 Å². The van der Waals surface area contributed by atoms with Gasteiger partial charge in [0, 0.05) is 18.6 Å². The molecule has 0 saturated carbocycles. The summed E-state index contributed by atoms with van der Waals surface area (Å²) in [6, 6.07) is 7.92. The molecule has 3 aromatic rings. The zero-order chi connectivity index (χ0) is 27.7. The molecule has 0 radical (unpaired) electrons. The second-order valence-electron chi connectivity index (χ2n) is 7.65. The molecule has 0 saturated heterocycles. The molecular weight excluding hydrogens is 529 g/mol. The summed E-state index contributed by atoms with van der Waals surface area (Å²) in [5.74, 6) is -0.780. The highest BCUT2D eigenvalue weighted by Gasteiger charge is 2.45. The van der Waals surface area contributed by atoms with Crippen LogP contribution < -0.4 is 5.56 Å². The average Bonchev–Trinajstić information content (AvgIpc) is 3.17.